The fraction of sp³-hybridized carbons (Fsp3) is 0.474. The summed E-state index contributed by atoms with van der Waals surface area (Å²) >= 11 is 1.57. The highest BCUT2D eigenvalue weighted by Gasteiger charge is 2.23. The van der Waals surface area contributed by atoms with Gasteiger partial charge in [-0.05, 0) is 44.0 Å². The molecule has 0 radical (unpaired) electrons. The molecule has 1 amide bonds. The molecule has 3 rings (SSSR count). The summed E-state index contributed by atoms with van der Waals surface area (Å²) in [7, 11) is 0. The second-order valence-electron chi connectivity index (χ2n) is 6.38. The van der Waals surface area contributed by atoms with Gasteiger partial charge in [0.25, 0.3) is 5.91 Å². The van der Waals surface area contributed by atoms with Crippen LogP contribution in [0.25, 0.3) is 0 Å². The number of anilines is 1. The second kappa shape index (κ2) is 7.90. The fourth-order valence-electron chi connectivity index (χ4n) is 3.19. The Hall–Kier alpha value is -1.72. The highest BCUT2D eigenvalue weighted by molar-refractivity contribution is 7.14. The average molecular weight is 343 g/mol. The molecule has 1 aliphatic rings. The van der Waals surface area contributed by atoms with E-state index in [1.54, 1.807) is 11.3 Å². The maximum absolute atomic E-state index is 12.6. The number of benzene rings is 1. The van der Waals surface area contributed by atoms with Crippen molar-refractivity contribution >= 4 is 22.9 Å². The van der Waals surface area contributed by atoms with Crippen molar-refractivity contribution in [2.75, 3.05) is 11.9 Å². The Kier molecular flexibility index (Phi) is 5.63. The van der Waals surface area contributed by atoms with E-state index in [0.717, 1.165) is 34.4 Å². The van der Waals surface area contributed by atoms with Crippen molar-refractivity contribution in [1.82, 2.24) is 10.3 Å². The molecule has 1 saturated carbocycles. The maximum atomic E-state index is 12.6. The Labute approximate surface area is 147 Å². The minimum absolute atomic E-state index is 0.0464. The lowest BCUT2D eigenvalue weighted by Gasteiger charge is -2.07. The van der Waals surface area contributed by atoms with Gasteiger partial charge in [0.2, 0.25) is 0 Å². The highest BCUT2D eigenvalue weighted by atomic mass is 32.1. The van der Waals surface area contributed by atoms with Crippen molar-refractivity contribution in [1.29, 1.82) is 0 Å². The number of aromatic nitrogens is 1. The van der Waals surface area contributed by atoms with E-state index < -0.39 is 0 Å². The van der Waals surface area contributed by atoms with Crippen LogP contribution in [-0.2, 0) is 6.54 Å². The maximum Gasteiger partial charge on any atom is 0.267 e. The van der Waals surface area contributed by atoms with Crippen LogP contribution in [0.15, 0.2) is 24.3 Å². The van der Waals surface area contributed by atoms with Crippen LogP contribution >= 0.6 is 11.3 Å². The molecule has 2 N–H and O–H groups in total. The molecule has 128 valence electrons. The molecule has 1 aromatic heterocycles. The van der Waals surface area contributed by atoms with E-state index in [0.29, 0.717) is 5.92 Å². The van der Waals surface area contributed by atoms with E-state index in [1.807, 2.05) is 25.1 Å². The van der Waals surface area contributed by atoms with Crippen LogP contribution in [0.1, 0.15) is 64.5 Å². The van der Waals surface area contributed by atoms with Gasteiger partial charge in [0.15, 0.2) is 0 Å². The van der Waals surface area contributed by atoms with Gasteiger partial charge >= 0.3 is 0 Å². The van der Waals surface area contributed by atoms with Crippen LogP contribution in [0.2, 0.25) is 0 Å². The molecule has 1 aliphatic carbocycles. The number of rotatable bonds is 6. The van der Waals surface area contributed by atoms with E-state index in [1.165, 1.54) is 31.2 Å². The van der Waals surface area contributed by atoms with Crippen molar-refractivity contribution in [2.24, 2.45) is 0 Å². The quantitative estimate of drug-likeness (QED) is 0.813. The zero-order chi connectivity index (χ0) is 16.9. The van der Waals surface area contributed by atoms with Crippen molar-refractivity contribution in [3.8, 4) is 0 Å². The highest BCUT2D eigenvalue weighted by Crippen LogP contribution is 2.37. The number of hydrogen-bond donors (Lipinski definition) is 2. The van der Waals surface area contributed by atoms with Crippen LogP contribution in [0.3, 0.4) is 0 Å². The lowest BCUT2D eigenvalue weighted by molar-refractivity contribution is 0.103. The lowest BCUT2D eigenvalue weighted by atomic mass is 10.1. The molecule has 4 nitrogen and oxygen atoms in total. The predicted molar refractivity (Wildman–Crippen MR) is 99.8 cm³/mol. The van der Waals surface area contributed by atoms with Crippen molar-refractivity contribution in [3.63, 3.8) is 0 Å². The Bertz CT molecular complexity index is 704. The second-order valence-corrected chi connectivity index (χ2v) is 7.41. The molecule has 5 heteroatoms. The minimum Gasteiger partial charge on any atom is -0.321 e. The number of amides is 1. The van der Waals surface area contributed by atoms with Gasteiger partial charge in [0, 0.05) is 18.2 Å². The largest absolute Gasteiger partial charge is 0.321 e. The van der Waals surface area contributed by atoms with E-state index in [2.05, 4.69) is 28.6 Å². The number of carbonyl (C=O) groups excluding carboxylic acids is 1. The van der Waals surface area contributed by atoms with Crippen LogP contribution in [0, 0.1) is 6.92 Å². The van der Waals surface area contributed by atoms with Gasteiger partial charge < -0.3 is 10.6 Å². The van der Waals surface area contributed by atoms with Gasteiger partial charge in [-0.15, -0.1) is 11.3 Å². The first kappa shape index (κ1) is 17.1. The summed E-state index contributed by atoms with van der Waals surface area (Å²) in [5.74, 6) is 0.508. The third-order valence-corrected chi connectivity index (χ3v) is 5.81. The molecule has 0 bridgehead atoms. The molecule has 0 atom stereocenters. The molecular weight excluding hydrogens is 318 g/mol. The summed E-state index contributed by atoms with van der Waals surface area (Å²) < 4.78 is 0. The minimum atomic E-state index is -0.0464. The number of nitrogens with one attached hydrogen (secondary N) is 2. The van der Waals surface area contributed by atoms with Crippen LogP contribution < -0.4 is 10.6 Å². The van der Waals surface area contributed by atoms with Gasteiger partial charge in [0.1, 0.15) is 4.88 Å². The zero-order valence-corrected chi connectivity index (χ0v) is 15.2. The van der Waals surface area contributed by atoms with Crippen LogP contribution in [0.5, 0.6) is 0 Å². The van der Waals surface area contributed by atoms with E-state index in [4.69, 9.17) is 0 Å². The lowest BCUT2D eigenvalue weighted by Crippen LogP contribution is -2.14. The Balaban J connectivity index is 1.70. The zero-order valence-electron chi connectivity index (χ0n) is 14.4. The number of aryl methyl sites for hydroxylation is 1. The van der Waals surface area contributed by atoms with Gasteiger partial charge in [-0.25, -0.2) is 4.98 Å². The van der Waals surface area contributed by atoms with E-state index in [9.17, 15) is 4.79 Å². The van der Waals surface area contributed by atoms with Gasteiger partial charge in [-0.2, -0.15) is 0 Å². The summed E-state index contributed by atoms with van der Waals surface area (Å²) in [4.78, 5) is 18.0. The normalized spacial score (nSPS) is 14.9. The smallest absolute Gasteiger partial charge is 0.267 e. The summed E-state index contributed by atoms with van der Waals surface area (Å²) in [5, 5.41) is 7.46. The summed E-state index contributed by atoms with van der Waals surface area (Å²) in [6.07, 6.45) is 4.98. The fourth-order valence-corrected chi connectivity index (χ4v) is 4.32. The molecule has 24 heavy (non-hydrogen) atoms. The van der Waals surface area contributed by atoms with Crippen LogP contribution in [-0.4, -0.2) is 17.4 Å². The van der Waals surface area contributed by atoms with Gasteiger partial charge in [0.05, 0.1) is 10.7 Å². The van der Waals surface area contributed by atoms with E-state index >= 15 is 0 Å². The molecule has 0 unspecified atom stereocenters. The van der Waals surface area contributed by atoms with Gasteiger partial charge in [-0.3, -0.25) is 4.79 Å². The standard InChI is InChI=1S/C19H25N3OS/c1-3-20-12-14-7-6-10-16(11-14)22-18(23)17-13(2)21-19(24-17)15-8-4-5-9-15/h6-7,10-11,15,20H,3-5,8-9,12H2,1-2H3,(H,22,23). The first-order valence-electron chi connectivity index (χ1n) is 8.75. The Morgan fingerprint density at radius 3 is 2.88 bits per heavy atom. The molecule has 1 aromatic carbocycles. The molecule has 0 spiro atoms. The monoisotopic (exact) mass is 343 g/mol. The number of thiazole rings is 1. The predicted octanol–water partition coefficient (Wildman–Crippen LogP) is 4.47. The topological polar surface area (TPSA) is 54.0 Å². The van der Waals surface area contributed by atoms with Crippen molar-refractivity contribution in [2.45, 2.75) is 52.0 Å². The van der Waals surface area contributed by atoms with Crippen LogP contribution in [0.4, 0.5) is 5.69 Å². The number of carbonyl (C=O) groups is 1. The Morgan fingerprint density at radius 1 is 1.33 bits per heavy atom. The molecule has 0 aliphatic heterocycles. The third kappa shape index (κ3) is 4.02. The molecule has 0 saturated heterocycles. The SMILES string of the molecule is CCNCc1cccc(NC(=O)c2sc(C3CCCC3)nc2C)c1. The summed E-state index contributed by atoms with van der Waals surface area (Å²) in [6, 6.07) is 8.00. The molecule has 2 aromatic rings. The summed E-state index contributed by atoms with van der Waals surface area (Å²) in [6.45, 7) is 5.76. The van der Waals surface area contributed by atoms with Crippen molar-refractivity contribution < 1.29 is 4.79 Å². The molecule has 1 fully saturated rings. The number of hydrogen-bond acceptors (Lipinski definition) is 4. The third-order valence-electron chi connectivity index (χ3n) is 4.49. The number of nitrogens with zero attached hydrogens (tertiary/aromatic N) is 1. The molecular formula is C19H25N3OS. The van der Waals surface area contributed by atoms with E-state index in [-0.39, 0.29) is 5.91 Å². The summed E-state index contributed by atoms with van der Waals surface area (Å²) in [5.41, 5.74) is 2.86. The molecule has 1 heterocycles. The van der Waals surface area contributed by atoms with Crippen molar-refractivity contribution in [3.05, 3.63) is 45.4 Å². The first-order chi connectivity index (χ1) is 11.7. The first-order valence-corrected chi connectivity index (χ1v) is 9.57. The Morgan fingerprint density at radius 2 is 2.12 bits per heavy atom. The average Bonchev–Trinajstić information content (AvgIpc) is 3.22. The van der Waals surface area contributed by atoms with Gasteiger partial charge in [-0.1, -0.05) is 31.9 Å².